The normalized spacial score (nSPS) is 10.3. The van der Waals surface area contributed by atoms with Gasteiger partial charge in [-0.05, 0) is 6.07 Å². The maximum Gasteiger partial charge on any atom is 0.134 e. The third-order valence-electron chi connectivity index (χ3n) is 2.56. The Morgan fingerprint density at radius 2 is 2.39 bits per heavy atom. The van der Waals surface area contributed by atoms with Crippen molar-refractivity contribution in [3.63, 3.8) is 0 Å². The van der Waals surface area contributed by atoms with Crippen LogP contribution in [0.2, 0.25) is 0 Å². The Hall–Kier alpha value is -2.02. The van der Waals surface area contributed by atoms with Gasteiger partial charge in [-0.3, -0.25) is 4.98 Å². The van der Waals surface area contributed by atoms with Crippen LogP contribution in [0.3, 0.4) is 0 Å². The molecule has 0 aliphatic carbocycles. The Morgan fingerprint density at radius 3 is 3.06 bits per heavy atom. The molecule has 0 fully saturated rings. The first kappa shape index (κ1) is 12.4. The molecule has 0 atom stereocenters. The first-order valence-corrected chi connectivity index (χ1v) is 5.90. The third kappa shape index (κ3) is 2.80. The van der Waals surface area contributed by atoms with E-state index < -0.39 is 0 Å². The van der Waals surface area contributed by atoms with Crippen molar-refractivity contribution in [2.24, 2.45) is 12.8 Å². The lowest BCUT2D eigenvalue weighted by Gasteiger charge is -2.09. The fourth-order valence-corrected chi connectivity index (χ4v) is 1.77. The van der Waals surface area contributed by atoms with Gasteiger partial charge in [0.25, 0.3) is 0 Å². The molecule has 18 heavy (non-hydrogen) atoms. The maximum absolute atomic E-state index is 5.64. The summed E-state index contributed by atoms with van der Waals surface area (Å²) in [6.45, 7) is 0.716. The van der Waals surface area contributed by atoms with E-state index in [1.807, 2.05) is 11.6 Å². The van der Waals surface area contributed by atoms with Crippen LogP contribution in [0.25, 0.3) is 0 Å². The van der Waals surface area contributed by atoms with Crippen molar-refractivity contribution in [1.82, 2.24) is 19.7 Å². The van der Waals surface area contributed by atoms with Crippen molar-refractivity contribution in [3.05, 3.63) is 36.2 Å². The molecule has 2 heterocycles. The predicted molar refractivity (Wildman–Crippen MR) is 73.3 cm³/mol. The molecule has 0 aliphatic heterocycles. The van der Waals surface area contributed by atoms with Gasteiger partial charge in [-0.2, -0.15) is 0 Å². The van der Waals surface area contributed by atoms with E-state index in [-0.39, 0.29) is 0 Å². The molecular weight excluding hydrogens is 248 g/mol. The van der Waals surface area contributed by atoms with Crippen LogP contribution in [0.4, 0.5) is 5.69 Å². The van der Waals surface area contributed by atoms with E-state index in [1.54, 1.807) is 24.8 Å². The number of hydrogen-bond acceptors (Lipinski definition) is 5. The van der Waals surface area contributed by atoms with Crippen LogP contribution in [0.15, 0.2) is 24.8 Å². The largest absolute Gasteiger partial charge is 0.389 e. The Kier molecular flexibility index (Phi) is 3.83. The molecule has 0 spiro atoms. The predicted octanol–water partition coefficient (Wildman–Crippen LogP) is 0.499. The molecule has 0 amide bonds. The van der Waals surface area contributed by atoms with E-state index in [9.17, 15) is 0 Å². The number of hydrogen-bond donors (Lipinski definition) is 2. The second-order valence-corrected chi connectivity index (χ2v) is 4.26. The van der Waals surface area contributed by atoms with E-state index in [4.69, 9.17) is 18.0 Å². The van der Waals surface area contributed by atoms with E-state index >= 15 is 0 Å². The van der Waals surface area contributed by atoms with Crippen LogP contribution in [0.1, 0.15) is 11.4 Å². The van der Waals surface area contributed by atoms with E-state index in [0.29, 0.717) is 11.5 Å². The van der Waals surface area contributed by atoms with Crippen LogP contribution in [0, 0.1) is 0 Å². The number of pyridine rings is 1. The second kappa shape index (κ2) is 5.54. The number of thiocarbonyl (C=S) groups is 1. The minimum Gasteiger partial charge on any atom is -0.389 e. The monoisotopic (exact) mass is 262 g/mol. The molecule has 0 radical (unpaired) electrons. The van der Waals surface area contributed by atoms with Crippen molar-refractivity contribution in [2.45, 2.75) is 6.42 Å². The molecule has 6 nitrogen and oxygen atoms in total. The summed E-state index contributed by atoms with van der Waals surface area (Å²) in [7, 11) is 1.92. The molecule has 3 N–H and O–H groups in total. The third-order valence-corrected chi connectivity index (χ3v) is 2.78. The number of aryl methyl sites for hydroxylation is 1. The number of rotatable bonds is 5. The van der Waals surface area contributed by atoms with Crippen molar-refractivity contribution in [2.75, 3.05) is 11.9 Å². The summed E-state index contributed by atoms with van der Waals surface area (Å²) < 4.78 is 1.89. The minimum absolute atomic E-state index is 0.360. The summed E-state index contributed by atoms with van der Waals surface area (Å²) in [5.74, 6) is 0.920. The van der Waals surface area contributed by atoms with Gasteiger partial charge in [0.05, 0.1) is 11.9 Å². The average molecular weight is 262 g/mol. The van der Waals surface area contributed by atoms with Crippen molar-refractivity contribution < 1.29 is 0 Å². The van der Waals surface area contributed by atoms with Crippen LogP contribution >= 0.6 is 12.2 Å². The fourth-order valence-electron chi connectivity index (χ4n) is 1.59. The number of anilines is 1. The molecule has 0 unspecified atom stereocenters. The number of nitrogens with one attached hydrogen (secondary N) is 1. The van der Waals surface area contributed by atoms with Gasteiger partial charge in [0.2, 0.25) is 0 Å². The van der Waals surface area contributed by atoms with Crippen molar-refractivity contribution in [3.8, 4) is 0 Å². The van der Waals surface area contributed by atoms with Gasteiger partial charge in [-0.1, -0.05) is 12.2 Å². The topological polar surface area (TPSA) is 81.7 Å². The van der Waals surface area contributed by atoms with E-state index in [0.717, 1.165) is 23.5 Å². The molecule has 2 aromatic rings. The first-order chi connectivity index (χ1) is 8.68. The molecular formula is C11H14N6S. The van der Waals surface area contributed by atoms with Gasteiger partial charge < -0.3 is 15.6 Å². The molecule has 0 saturated carbocycles. The molecule has 0 saturated heterocycles. The second-order valence-electron chi connectivity index (χ2n) is 3.82. The lowest BCUT2D eigenvalue weighted by Crippen LogP contribution is -2.15. The fraction of sp³-hybridized carbons (Fsp3) is 0.273. The lowest BCUT2D eigenvalue weighted by molar-refractivity contribution is 0.788. The summed E-state index contributed by atoms with van der Waals surface area (Å²) in [5, 5.41) is 11.1. The number of nitrogens with two attached hydrogens (primary N) is 1. The minimum atomic E-state index is 0.360. The molecule has 0 aliphatic rings. The molecule has 2 aromatic heterocycles. The van der Waals surface area contributed by atoms with Crippen LogP contribution < -0.4 is 11.1 Å². The zero-order valence-corrected chi connectivity index (χ0v) is 10.8. The Bertz CT molecular complexity index is 550. The SMILES string of the molecule is Cn1cnnc1CCNc1cnccc1C(N)=S. The summed E-state index contributed by atoms with van der Waals surface area (Å²) in [6, 6.07) is 1.80. The molecule has 94 valence electrons. The van der Waals surface area contributed by atoms with E-state index in [1.165, 1.54) is 0 Å². The zero-order valence-electron chi connectivity index (χ0n) is 10.00. The highest BCUT2D eigenvalue weighted by atomic mass is 32.1. The molecule has 2 rings (SSSR count). The van der Waals surface area contributed by atoms with Gasteiger partial charge in [0, 0.05) is 31.8 Å². The first-order valence-electron chi connectivity index (χ1n) is 5.49. The molecule has 7 heteroatoms. The lowest BCUT2D eigenvalue weighted by atomic mass is 10.2. The highest BCUT2D eigenvalue weighted by Gasteiger charge is 2.05. The van der Waals surface area contributed by atoms with Crippen LogP contribution in [-0.2, 0) is 13.5 Å². The maximum atomic E-state index is 5.64. The van der Waals surface area contributed by atoms with Gasteiger partial charge in [-0.15, -0.1) is 10.2 Å². The van der Waals surface area contributed by atoms with Gasteiger partial charge >= 0.3 is 0 Å². The smallest absolute Gasteiger partial charge is 0.134 e. The highest BCUT2D eigenvalue weighted by molar-refractivity contribution is 7.80. The Morgan fingerprint density at radius 1 is 1.56 bits per heavy atom. The number of aromatic nitrogens is 4. The average Bonchev–Trinajstić information content (AvgIpc) is 2.76. The Labute approximate surface area is 110 Å². The standard InChI is InChI=1S/C11H14N6S/c1-17-7-15-16-10(17)3-5-14-9-6-13-4-2-8(9)11(12)18/h2,4,6-7,14H,3,5H2,1H3,(H2,12,18). The number of nitrogens with zero attached hydrogens (tertiary/aromatic N) is 4. The summed E-state index contributed by atoms with van der Waals surface area (Å²) in [5.41, 5.74) is 7.29. The van der Waals surface area contributed by atoms with Gasteiger partial charge in [0.1, 0.15) is 17.1 Å². The van der Waals surface area contributed by atoms with Crippen molar-refractivity contribution in [1.29, 1.82) is 0 Å². The van der Waals surface area contributed by atoms with Gasteiger partial charge in [-0.25, -0.2) is 0 Å². The van der Waals surface area contributed by atoms with E-state index in [2.05, 4.69) is 20.5 Å². The zero-order chi connectivity index (χ0) is 13.0. The Balaban J connectivity index is 1.99. The highest BCUT2D eigenvalue weighted by Crippen LogP contribution is 2.12. The van der Waals surface area contributed by atoms with Crippen LogP contribution in [0.5, 0.6) is 0 Å². The summed E-state index contributed by atoms with van der Waals surface area (Å²) in [4.78, 5) is 4.41. The summed E-state index contributed by atoms with van der Waals surface area (Å²) in [6.07, 6.45) is 5.83. The molecule has 0 bridgehead atoms. The molecule has 0 aromatic carbocycles. The quantitative estimate of drug-likeness (QED) is 0.764. The van der Waals surface area contributed by atoms with Crippen LogP contribution in [-0.4, -0.2) is 31.3 Å². The van der Waals surface area contributed by atoms with Crippen molar-refractivity contribution >= 4 is 22.9 Å². The van der Waals surface area contributed by atoms with Gasteiger partial charge in [0.15, 0.2) is 0 Å². The summed E-state index contributed by atoms with van der Waals surface area (Å²) >= 11 is 4.98.